The van der Waals surface area contributed by atoms with Crippen molar-refractivity contribution in [3.05, 3.63) is 79.3 Å². The molecule has 0 aliphatic carbocycles. The third kappa shape index (κ3) is 3.14. The van der Waals surface area contributed by atoms with Crippen LogP contribution in [0.25, 0.3) is 11.1 Å². The number of benzene rings is 2. The van der Waals surface area contributed by atoms with Crippen molar-refractivity contribution in [2.45, 2.75) is 13.2 Å². The van der Waals surface area contributed by atoms with Crippen molar-refractivity contribution in [1.82, 2.24) is 9.78 Å². The molecular formula is C18H17N2O. The van der Waals surface area contributed by atoms with Crippen LogP contribution in [-0.2, 0) is 13.2 Å². The molecule has 21 heavy (non-hydrogen) atoms. The highest BCUT2D eigenvalue weighted by Gasteiger charge is 2.11. The summed E-state index contributed by atoms with van der Waals surface area (Å²) in [6.07, 6.45) is 1.97. The predicted molar refractivity (Wildman–Crippen MR) is 83.8 cm³/mol. The first kappa shape index (κ1) is 13.4. The molecule has 3 nitrogen and oxygen atoms in total. The Bertz CT molecular complexity index is 690. The smallest absolute Gasteiger partial charge is 0.241 e. The lowest BCUT2D eigenvalue weighted by Crippen LogP contribution is -1.98. The molecule has 1 aromatic heterocycles. The number of rotatable bonds is 5. The average Bonchev–Trinajstić information content (AvgIpc) is 2.98. The molecule has 0 spiro atoms. The zero-order valence-electron chi connectivity index (χ0n) is 11.8. The van der Waals surface area contributed by atoms with Crippen LogP contribution < -0.4 is 4.74 Å². The fraction of sp³-hybridized carbons (Fsp3) is 0.111. The molecule has 0 amide bonds. The molecule has 1 radical (unpaired) electrons. The van der Waals surface area contributed by atoms with Crippen LogP contribution in [0, 0.1) is 6.92 Å². The van der Waals surface area contributed by atoms with Crippen LogP contribution in [0.2, 0.25) is 0 Å². The van der Waals surface area contributed by atoms with Gasteiger partial charge in [-0.3, -0.25) is 4.68 Å². The largest absolute Gasteiger partial charge is 0.471 e. The standard InChI is InChI=1S/C18H17N2O/c1-2-20-13-17(16-11-7-4-8-12-16)18(19-20)21-14-15-9-5-3-6-10-15/h3-13H,1-2,14H2. The Balaban J connectivity index is 1.86. The lowest BCUT2D eigenvalue weighted by Gasteiger charge is -2.05. The molecule has 0 fully saturated rings. The van der Waals surface area contributed by atoms with Gasteiger partial charge in [-0.1, -0.05) is 60.7 Å². The number of ether oxygens (including phenoxy) is 1. The summed E-state index contributed by atoms with van der Waals surface area (Å²) in [5, 5.41) is 4.45. The van der Waals surface area contributed by atoms with Crippen LogP contribution in [0.5, 0.6) is 5.88 Å². The normalized spacial score (nSPS) is 10.5. The van der Waals surface area contributed by atoms with E-state index in [1.807, 2.05) is 54.7 Å². The van der Waals surface area contributed by atoms with Gasteiger partial charge in [-0.2, -0.15) is 0 Å². The fourth-order valence-corrected chi connectivity index (χ4v) is 2.17. The minimum Gasteiger partial charge on any atom is -0.471 e. The molecule has 3 heteroatoms. The van der Waals surface area contributed by atoms with Crippen molar-refractivity contribution in [1.29, 1.82) is 0 Å². The van der Waals surface area contributed by atoms with Crippen molar-refractivity contribution in [3.8, 4) is 17.0 Å². The maximum Gasteiger partial charge on any atom is 0.241 e. The number of hydrogen-bond acceptors (Lipinski definition) is 2. The van der Waals surface area contributed by atoms with Gasteiger partial charge in [0.25, 0.3) is 0 Å². The van der Waals surface area contributed by atoms with E-state index in [1.54, 1.807) is 4.68 Å². The third-order valence-electron chi connectivity index (χ3n) is 3.26. The molecule has 0 unspecified atom stereocenters. The van der Waals surface area contributed by atoms with Gasteiger partial charge in [0.05, 0.1) is 5.56 Å². The molecule has 3 aromatic rings. The third-order valence-corrected chi connectivity index (χ3v) is 3.26. The zero-order chi connectivity index (χ0) is 14.5. The van der Waals surface area contributed by atoms with Crippen LogP contribution in [-0.4, -0.2) is 9.78 Å². The lowest BCUT2D eigenvalue weighted by molar-refractivity contribution is 0.291. The number of hydrogen-bond donors (Lipinski definition) is 0. The van der Waals surface area contributed by atoms with Gasteiger partial charge in [0.15, 0.2) is 0 Å². The van der Waals surface area contributed by atoms with E-state index in [0.717, 1.165) is 16.7 Å². The minimum atomic E-state index is 0.509. The van der Waals surface area contributed by atoms with E-state index in [1.165, 1.54) is 0 Å². The van der Waals surface area contributed by atoms with E-state index >= 15 is 0 Å². The summed E-state index contributed by atoms with van der Waals surface area (Å²) in [5.74, 6) is 0.647. The van der Waals surface area contributed by atoms with Crippen molar-refractivity contribution >= 4 is 0 Å². The number of aromatic nitrogens is 2. The number of nitrogens with zero attached hydrogens (tertiary/aromatic N) is 2. The second-order valence-electron chi connectivity index (χ2n) is 4.75. The molecule has 0 atom stereocenters. The highest BCUT2D eigenvalue weighted by molar-refractivity contribution is 5.67. The Morgan fingerprint density at radius 1 is 0.952 bits per heavy atom. The van der Waals surface area contributed by atoms with E-state index in [9.17, 15) is 0 Å². The highest BCUT2D eigenvalue weighted by Crippen LogP contribution is 2.29. The van der Waals surface area contributed by atoms with Crippen LogP contribution in [0.3, 0.4) is 0 Å². The van der Waals surface area contributed by atoms with Crippen molar-refractivity contribution in [2.24, 2.45) is 0 Å². The highest BCUT2D eigenvalue weighted by atomic mass is 16.5. The van der Waals surface area contributed by atoms with E-state index < -0.39 is 0 Å². The predicted octanol–water partition coefficient (Wildman–Crippen LogP) is 3.96. The topological polar surface area (TPSA) is 27.1 Å². The SMILES string of the molecule is [CH2]Cn1cc(-c2ccccc2)c(OCc2ccccc2)n1. The molecule has 0 N–H and O–H groups in total. The molecule has 3 rings (SSSR count). The van der Waals surface area contributed by atoms with Gasteiger partial charge in [0.2, 0.25) is 5.88 Å². The van der Waals surface area contributed by atoms with Crippen molar-refractivity contribution in [3.63, 3.8) is 0 Å². The van der Waals surface area contributed by atoms with Gasteiger partial charge < -0.3 is 4.74 Å². The van der Waals surface area contributed by atoms with Crippen molar-refractivity contribution in [2.75, 3.05) is 0 Å². The first-order chi connectivity index (χ1) is 10.4. The Kier molecular flexibility index (Phi) is 4.01. The van der Waals surface area contributed by atoms with Gasteiger partial charge in [0, 0.05) is 12.7 Å². The van der Waals surface area contributed by atoms with Gasteiger partial charge in [-0.25, -0.2) is 0 Å². The molecule has 0 saturated carbocycles. The summed E-state index contributed by atoms with van der Waals surface area (Å²) >= 11 is 0. The Morgan fingerprint density at radius 3 is 2.29 bits per heavy atom. The Hall–Kier alpha value is -2.55. The first-order valence-corrected chi connectivity index (χ1v) is 6.95. The van der Waals surface area contributed by atoms with Gasteiger partial charge >= 0.3 is 0 Å². The summed E-state index contributed by atoms with van der Waals surface area (Å²) in [6.45, 7) is 4.95. The van der Waals surface area contributed by atoms with Gasteiger partial charge in [-0.15, -0.1) is 5.10 Å². The average molecular weight is 277 g/mol. The second kappa shape index (κ2) is 6.27. The van der Waals surface area contributed by atoms with Gasteiger partial charge in [0.1, 0.15) is 6.61 Å². The molecule has 2 aromatic carbocycles. The summed E-state index contributed by atoms with van der Waals surface area (Å²) in [7, 11) is 0. The molecular weight excluding hydrogens is 260 g/mol. The lowest BCUT2D eigenvalue weighted by atomic mass is 10.1. The fourth-order valence-electron chi connectivity index (χ4n) is 2.17. The molecule has 1 heterocycles. The van der Waals surface area contributed by atoms with Crippen LogP contribution in [0.15, 0.2) is 66.9 Å². The van der Waals surface area contributed by atoms with E-state index in [0.29, 0.717) is 19.0 Å². The maximum atomic E-state index is 5.90. The molecule has 0 bridgehead atoms. The quantitative estimate of drug-likeness (QED) is 0.705. The first-order valence-electron chi connectivity index (χ1n) is 6.95. The zero-order valence-corrected chi connectivity index (χ0v) is 11.8. The van der Waals surface area contributed by atoms with E-state index in [-0.39, 0.29) is 0 Å². The van der Waals surface area contributed by atoms with Crippen LogP contribution in [0.1, 0.15) is 5.56 Å². The molecule has 0 aliphatic heterocycles. The maximum absolute atomic E-state index is 5.90. The minimum absolute atomic E-state index is 0.509. The second-order valence-corrected chi connectivity index (χ2v) is 4.75. The van der Waals surface area contributed by atoms with Crippen LogP contribution in [0.4, 0.5) is 0 Å². The summed E-state index contributed by atoms with van der Waals surface area (Å²) in [5.41, 5.74) is 3.22. The molecule has 0 aliphatic rings. The molecule has 0 saturated heterocycles. The summed E-state index contributed by atoms with van der Waals surface area (Å²) in [4.78, 5) is 0. The van der Waals surface area contributed by atoms with Crippen molar-refractivity contribution < 1.29 is 4.74 Å². The van der Waals surface area contributed by atoms with Crippen LogP contribution >= 0.6 is 0 Å². The monoisotopic (exact) mass is 277 g/mol. The molecule has 105 valence electrons. The summed E-state index contributed by atoms with van der Waals surface area (Å²) < 4.78 is 7.69. The van der Waals surface area contributed by atoms with E-state index in [2.05, 4.69) is 24.2 Å². The van der Waals surface area contributed by atoms with Gasteiger partial charge in [-0.05, 0) is 18.1 Å². The Labute approximate surface area is 124 Å². The van der Waals surface area contributed by atoms with E-state index in [4.69, 9.17) is 4.74 Å². The summed E-state index contributed by atoms with van der Waals surface area (Å²) in [6, 6.07) is 20.2. The Morgan fingerprint density at radius 2 is 1.62 bits per heavy atom.